The normalized spacial score (nSPS) is 19.5. The van der Waals surface area contributed by atoms with Crippen LogP contribution in [-0.4, -0.2) is 29.3 Å². The number of hydrogen-bond donors (Lipinski definition) is 0. The maximum absolute atomic E-state index is 13.2. The highest BCUT2D eigenvalue weighted by atomic mass is 79.9. The molecule has 2 nitrogen and oxygen atoms in total. The van der Waals surface area contributed by atoms with Crippen LogP contribution in [0.3, 0.4) is 0 Å². The van der Waals surface area contributed by atoms with Crippen LogP contribution >= 0.6 is 27.5 Å². The number of piperidine rings is 1. The lowest BCUT2D eigenvalue weighted by Crippen LogP contribution is -2.44. The van der Waals surface area contributed by atoms with Crippen molar-refractivity contribution in [3.8, 4) is 0 Å². The lowest BCUT2D eigenvalue weighted by Gasteiger charge is -2.35. The highest BCUT2D eigenvalue weighted by Crippen LogP contribution is 2.24. The fourth-order valence-corrected chi connectivity index (χ4v) is 3.12. The number of amides is 1. The molecular formula is C14H16BrClFNO. The van der Waals surface area contributed by atoms with Crippen molar-refractivity contribution in [1.82, 2.24) is 4.90 Å². The monoisotopic (exact) mass is 347 g/mol. The molecule has 19 heavy (non-hydrogen) atoms. The van der Waals surface area contributed by atoms with Gasteiger partial charge in [0.15, 0.2) is 0 Å². The highest BCUT2D eigenvalue weighted by molar-refractivity contribution is 9.10. The van der Waals surface area contributed by atoms with Gasteiger partial charge in [0.25, 0.3) is 5.91 Å². The van der Waals surface area contributed by atoms with Gasteiger partial charge in [-0.25, -0.2) is 4.39 Å². The predicted molar refractivity (Wildman–Crippen MR) is 78.1 cm³/mol. The Morgan fingerprint density at radius 3 is 2.95 bits per heavy atom. The molecule has 1 fully saturated rings. The van der Waals surface area contributed by atoms with E-state index in [9.17, 15) is 9.18 Å². The van der Waals surface area contributed by atoms with Crippen molar-refractivity contribution in [2.24, 2.45) is 0 Å². The summed E-state index contributed by atoms with van der Waals surface area (Å²) in [6.07, 6.45) is 3.97. The lowest BCUT2D eigenvalue weighted by molar-refractivity contribution is 0.0609. The molecule has 0 N–H and O–H groups in total. The van der Waals surface area contributed by atoms with Crippen molar-refractivity contribution >= 4 is 33.4 Å². The summed E-state index contributed by atoms with van der Waals surface area (Å²) in [5, 5.41) is 0. The van der Waals surface area contributed by atoms with Crippen LogP contribution in [-0.2, 0) is 0 Å². The van der Waals surface area contributed by atoms with E-state index in [0.29, 0.717) is 15.9 Å². The number of rotatable bonds is 3. The molecule has 0 bridgehead atoms. The van der Waals surface area contributed by atoms with Crippen LogP contribution in [0.15, 0.2) is 22.7 Å². The van der Waals surface area contributed by atoms with Crippen LogP contribution < -0.4 is 0 Å². The third kappa shape index (κ3) is 3.48. The Bertz CT molecular complexity index is 467. The van der Waals surface area contributed by atoms with Crippen LogP contribution in [0.2, 0.25) is 0 Å². The molecule has 1 atom stereocenters. The second-order valence-electron chi connectivity index (χ2n) is 4.75. The molecule has 0 saturated carbocycles. The van der Waals surface area contributed by atoms with Crippen LogP contribution in [0.1, 0.15) is 36.0 Å². The van der Waals surface area contributed by atoms with Gasteiger partial charge in [-0.15, -0.1) is 11.6 Å². The van der Waals surface area contributed by atoms with Gasteiger partial charge >= 0.3 is 0 Å². The van der Waals surface area contributed by atoms with E-state index < -0.39 is 0 Å². The number of benzene rings is 1. The minimum Gasteiger partial charge on any atom is -0.336 e. The van der Waals surface area contributed by atoms with Gasteiger partial charge in [-0.1, -0.05) is 0 Å². The summed E-state index contributed by atoms with van der Waals surface area (Å²) < 4.78 is 13.5. The lowest BCUT2D eigenvalue weighted by atomic mass is 9.99. The average Bonchev–Trinajstić information content (AvgIpc) is 2.42. The fourth-order valence-electron chi connectivity index (χ4n) is 2.49. The van der Waals surface area contributed by atoms with Gasteiger partial charge in [0.05, 0.1) is 4.47 Å². The number of carbonyl (C=O) groups is 1. The summed E-state index contributed by atoms with van der Waals surface area (Å²) >= 11 is 8.92. The molecule has 1 amide bonds. The van der Waals surface area contributed by atoms with Crippen LogP contribution in [0.4, 0.5) is 4.39 Å². The molecule has 1 aliphatic rings. The van der Waals surface area contributed by atoms with Crippen LogP contribution in [0.25, 0.3) is 0 Å². The quantitative estimate of drug-likeness (QED) is 0.749. The summed E-state index contributed by atoms with van der Waals surface area (Å²) in [5.41, 5.74) is 0.523. The van der Waals surface area contributed by atoms with Crippen molar-refractivity contribution < 1.29 is 9.18 Å². The Labute approximate surface area is 126 Å². The van der Waals surface area contributed by atoms with Gasteiger partial charge < -0.3 is 4.90 Å². The second-order valence-corrected chi connectivity index (χ2v) is 5.99. The minimum atomic E-state index is -0.354. The van der Waals surface area contributed by atoms with E-state index in [0.717, 1.165) is 32.2 Å². The third-order valence-corrected chi connectivity index (χ3v) is 4.32. The molecule has 0 aromatic heterocycles. The van der Waals surface area contributed by atoms with Crippen molar-refractivity contribution in [2.45, 2.75) is 31.7 Å². The molecular weight excluding hydrogens is 333 g/mol. The zero-order chi connectivity index (χ0) is 13.8. The third-order valence-electron chi connectivity index (χ3n) is 3.50. The SMILES string of the molecule is O=C(c1ccc(F)c(Br)c1)N1CCCCC1CCCl. The largest absolute Gasteiger partial charge is 0.336 e. The average molecular weight is 349 g/mol. The van der Waals surface area contributed by atoms with Gasteiger partial charge in [0.2, 0.25) is 0 Å². The van der Waals surface area contributed by atoms with Crippen LogP contribution in [0.5, 0.6) is 0 Å². The molecule has 104 valence electrons. The maximum Gasteiger partial charge on any atom is 0.254 e. The van der Waals surface area contributed by atoms with E-state index in [-0.39, 0.29) is 17.8 Å². The molecule has 0 aliphatic carbocycles. The molecule has 5 heteroatoms. The molecule has 1 aromatic carbocycles. The summed E-state index contributed by atoms with van der Waals surface area (Å²) in [7, 11) is 0. The molecule has 1 aliphatic heterocycles. The first-order valence-corrected chi connectivity index (χ1v) is 7.78. The molecule has 1 unspecified atom stereocenters. The predicted octanol–water partition coefficient (Wildman–Crippen LogP) is 4.21. The van der Waals surface area contributed by atoms with Gasteiger partial charge in [0.1, 0.15) is 5.82 Å². The van der Waals surface area contributed by atoms with E-state index in [2.05, 4.69) is 15.9 Å². The Morgan fingerprint density at radius 2 is 2.26 bits per heavy atom. The highest BCUT2D eigenvalue weighted by Gasteiger charge is 2.27. The van der Waals surface area contributed by atoms with E-state index in [4.69, 9.17) is 11.6 Å². The topological polar surface area (TPSA) is 20.3 Å². The van der Waals surface area contributed by atoms with Gasteiger partial charge in [-0.05, 0) is 59.8 Å². The number of hydrogen-bond acceptors (Lipinski definition) is 1. The number of alkyl halides is 1. The van der Waals surface area contributed by atoms with E-state index in [1.807, 2.05) is 4.90 Å². The molecule has 1 saturated heterocycles. The Balaban J connectivity index is 2.18. The van der Waals surface area contributed by atoms with Crippen molar-refractivity contribution in [3.63, 3.8) is 0 Å². The summed E-state index contributed by atoms with van der Waals surface area (Å²) in [6.45, 7) is 0.759. The molecule has 0 radical (unpaired) electrons. The van der Waals surface area contributed by atoms with Crippen molar-refractivity contribution in [3.05, 3.63) is 34.1 Å². The zero-order valence-corrected chi connectivity index (χ0v) is 12.9. The Hall–Kier alpha value is -0.610. The summed E-state index contributed by atoms with van der Waals surface area (Å²) in [4.78, 5) is 14.4. The van der Waals surface area contributed by atoms with Crippen molar-refractivity contribution in [2.75, 3.05) is 12.4 Å². The zero-order valence-electron chi connectivity index (χ0n) is 10.5. The number of carbonyl (C=O) groups excluding carboxylic acids is 1. The number of nitrogens with zero attached hydrogens (tertiary/aromatic N) is 1. The van der Waals surface area contributed by atoms with Gasteiger partial charge in [0, 0.05) is 24.0 Å². The van der Waals surface area contributed by atoms with Crippen molar-refractivity contribution in [1.29, 1.82) is 0 Å². The van der Waals surface area contributed by atoms with E-state index in [1.165, 1.54) is 12.1 Å². The first-order valence-electron chi connectivity index (χ1n) is 6.45. The molecule has 0 spiro atoms. The Kier molecular flexibility index (Phi) is 5.22. The fraction of sp³-hybridized carbons (Fsp3) is 0.500. The first-order chi connectivity index (χ1) is 9.13. The standard InChI is InChI=1S/C14H16BrClFNO/c15-12-9-10(4-5-13(12)17)14(19)18-8-2-1-3-11(18)6-7-16/h4-5,9,11H,1-3,6-8H2. The van der Waals surface area contributed by atoms with Crippen LogP contribution in [0, 0.1) is 5.82 Å². The number of likely N-dealkylation sites (tertiary alicyclic amines) is 1. The Morgan fingerprint density at radius 1 is 1.47 bits per heavy atom. The smallest absolute Gasteiger partial charge is 0.254 e. The molecule has 2 rings (SSSR count). The summed E-state index contributed by atoms with van der Waals surface area (Å²) in [6, 6.07) is 4.61. The number of halogens is 3. The van der Waals surface area contributed by atoms with E-state index in [1.54, 1.807) is 6.07 Å². The molecule has 1 aromatic rings. The van der Waals surface area contributed by atoms with Gasteiger partial charge in [-0.2, -0.15) is 0 Å². The van der Waals surface area contributed by atoms with Gasteiger partial charge in [-0.3, -0.25) is 4.79 Å². The first kappa shape index (κ1) is 14.8. The summed E-state index contributed by atoms with van der Waals surface area (Å²) in [5.74, 6) is 0.171. The maximum atomic E-state index is 13.2. The minimum absolute atomic E-state index is 0.0319. The second kappa shape index (κ2) is 6.71. The van der Waals surface area contributed by atoms with E-state index >= 15 is 0 Å². The molecule has 1 heterocycles.